The number of fused-ring (bicyclic) bond motifs is 1. The molecule has 1 aliphatic rings. The van der Waals surface area contributed by atoms with Crippen molar-refractivity contribution >= 4 is 16.8 Å². The number of H-pyrrole nitrogens is 1. The van der Waals surface area contributed by atoms with Gasteiger partial charge in [-0.05, 0) is 57.4 Å². The second-order valence-electron chi connectivity index (χ2n) is 6.79. The summed E-state index contributed by atoms with van der Waals surface area (Å²) in [5.74, 6) is 3.02. The van der Waals surface area contributed by atoms with Crippen molar-refractivity contribution in [3.8, 4) is 11.8 Å². The predicted octanol–water partition coefficient (Wildman–Crippen LogP) is 4.23. The molecule has 0 spiro atoms. The van der Waals surface area contributed by atoms with Crippen LogP contribution in [0.25, 0.3) is 10.9 Å². The van der Waals surface area contributed by atoms with Crippen LogP contribution in [-0.4, -0.2) is 16.9 Å². The molecule has 1 fully saturated rings. The number of hydrogen-bond donors (Lipinski definition) is 2. The maximum Gasteiger partial charge on any atom is 0.296 e. The van der Waals surface area contributed by atoms with Gasteiger partial charge in [0.15, 0.2) is 11.6 Å². The van der Waals surface area contributed by atoms with Crippen molar-refractivity contribution in [3.63, 3.8) is 0 Å². The van der Waals surface area contributed by atoms with Crippen LogP contribution in [0.5, 0.6) is 0 Å². The Hall–Kier alpha value is -2.35. The number of amides is 1. The minimum atomic E-state index is -0.827. The molecule has 0 unspecified atom stereocenters. The lowest BCUT2D eigenvalue weighted by atomic mass is 9.79. The van der Waals surface area contributed by atoms with Gasteiger partial charge in [0.2, 0.25) is 0 Å². The summed E-state index contributed by atoms with van der Waals surface area (Å²) < 4.78 is 28.8. The van der Waals surface area contributed by atoms with Gasteiger partial charge in [0, 0.05) is 34.3 Å². The average molecular weight is 344 g/mol. The van der Waals surface area contributed by atoms with Crippen molar-refractivity contribution in [1.29, 1.82) is 0 Å². The molecule has 2 atom stereocenters. The minimum Gasteiger partial charge on any atom is -0.358 e. The molecule has 2 aromatic rings. The van der Waals surface area contributed by atoms with Gasteiger partial charge in [-0.3, -0.25) is 4.79 Å². The number of carbonyl (C=O) groups is 1. The third-order valence-corrected chi connectivity index (χ3v) is 5.17. The summed E-state index contributed by atoms with van der Waals surface area (Å²) in [6, 6.07) is 1.16. The van der Waals surface area contributed by atoms with E-state index in [4.69, 9.17) is 0 Å². The summed E-state index contributed by atoms with van der Waals surface area (Å²) in [7, 11) is 0. The molecule has 1 aromatic heterocycles. The van der Waals surface area contributed by atoms with E-state index < -0.39 is 11.6 Å². The third-order valence-electron chi connectivity index (χ3n) is 5.17. The van der Waals surface area contributed by atoms with Crippen molar-refractivity contribution in [1.82, 2.24) is 10.3 Å². The first-order valence-electron chi connectivity index (χ1n) is 8.62. The first-order valence-corrected chi connectivity index (χ1v) is 8.62. The summed E-state index contributed by atoms with van der Waals surface area (Å²) in [6.07, 6.45) is 3.06. The molecule has 5 heteroatoms. The zero-order valence-electron chi connectivity index (χ0n) is 14.7. The first kappa shape index (κ1) is 17.5. The Labute approximate surface area is 146 Å². The number of carbonyl (C=O) groups excluding carboxylic acids is 1. The summed E-state index contributed by atoms with van der Waals surface area (Å²) in [5.41, 5.74) is 2.94. The molecule has 1 amide bonds. The predicted molar refractivity (Wildman–Crippen MR) is 94.3 cm³/mol. The van der Waals surface area contributed by atoms with E-state index in [0.717, 1.165) is 35.9 Å². The smallest absolute Gasteiger partial charge is 0.296 e. The SMILES string of the molecule is CC#CC(=O)N[C@H]1CCC[C@@H](c2c(F)c(F)cc3[nH]c(C)c(C)c23)C1. The summed E-state index contributed by atoms with van der Waals surface area (Å²) >= 11 is 0. The first-order chi connectivity index (χ1) is 11.9. The lowest BCUT2D eigenvalue weighted by Gasteiger charge is -2.30. The third kappa shape index (κ3) is 3.26. The molecule has 2 N–H and O–H groups in total. The number of rotatable bonds is 2. The zero-order valence-corrected chi connectivity index (χ0v) is 14.7. The van der Waals surface area contributed by atoms with Crippen LogP contribution in [-0.2, 0) is 4.79 Å². The maximum absolute atomic E-state index is 14.7. The maximum atomic E-state index is 14.7. The van der Waals surface area contributed by atoms with Crippen LogP contribution in [0.15, 0.2) is 6.07 Å². The van der Waals surface area contributed by atoms with E-state index >= 15 is 0 Å². The molecule has 3 nitrogen and oxygen atoms in total. The highest BCUT2D eigenvalue weighted by atomic mass is 19.2. The Bertz CT molecular complexity index is 889. The van der Waals surface area contributed by atoms with E-state index in [1.165, 1.54) is 6.07 Å². The Morgan fingerprint density at radius 3 is 2.80 bits per heavy atom. The van der Waals surface area contributed by atoms with E-state index in [-0.39, 0.29) is 17.9 Å². The molecule has 25 heavy (non-hydrogen) atoms. The van der Waals surface area contributed by atoms with Crippen LogP contribution >= 0.6 is 0 Å². The Kier molecular flexibility index (Phi) is 4.80. The Balaban J connectivity index is 1.99. The number of aromatic nitrogens is 1. The number of nitrogens with one attached hydrogen (secondary N) is 2. The van der Waals surface area contributed by atoms with Crippen molar-refractivity contribution in [2.24, 2.45) is 0 Å². The molecule has 1 saturated carbocycles. The van der Waals surface area contributed by atoms with Crippen LogP contribution in [0.2, 0.25) is 0 Å². The number of aryl methyl sites for hydroxylation is 2. The van der Waals surface area contributed by atoms with Gasteiger partial charge in [-0.25, -0.2) is 8.78 Å². The molecule has 0 bridgehead atoms. The molecule has 0 saturated heterocycles. The molecule has 0 radical (unpaired) electrons. The highest BCUT2D eigenvalue weighted by Gasteiger charge is 2.30. The molecule has 0 aliphatic heterocycles. The summed E-state index contributed by atoms with van der Waals surface area (Å²) in [5, 5.41) is 3.66. The highest BCUT2D eigenvalue weighted by molar-refractivity contribution is 5.93. The average Bonchev–Trinajstić information content (AvgIpc) is 2.83. The van der Waals surface area contributed by atoms with Gasteiger partial charge in [-0.1, -0.05) is 12.3 Å². The fourth-order valence-corrected chi connectivity index (χ4v) is 3.93. The van der Waals surface area contributed by atoms with Gasteiger partial charge in [-0.2, -0.15) is 0 Å². The van der Waals surface area contributed by atoms with E-state index in [2.05, 4.69) is 22.1 Å². The number of halogens is 2. The van der Waals surface area contributed by atoms with Crippen LogP contribution < -0.4 is 5.32 Å². The van der Waals surface area contributed by atoms with Crippen LogP contribution in [0, 0.1) is 37.3 Å². The molecule has 1 aromatic carbocycles. The minimum absolute atomic E-state index is 0.0647. The Morgan fingerprint density at radius 1 is 1.32 bits per heavy atom. The molecular formula is C20H22F2N2O. The summed E-state index contributed by atoms with van der Waals surface area (Å²) in [6.45, 7) is 5.44. The quantitative estimate of drug-likeness (QED) is 0.787. The van der Waals surface area contributed by atoms with Crippen molar-refractivity contribution in [3.05, 3.63) is 34.5 Å². The normalized spacial score (nSPS) is 20.2. The van der Waals surface area contributed by atoms with Crippen LogP contribution in [0.4, 0.5) is 8.78 Å². The van der Waals surface area contributed by atoms with Gasteiger partial charge >= 0.3 is 0 Å². The highest BCUT2D eigenvalue weighted by Crippen LogP contribution is 2.40. The van der Waals surface area contributed by atoms with Crippen LogP contribution in [0.1, 0.15) is 55.3 Å². The second-order valence-corrected chi connectivity index (χ2v) is 6.79. The largest absolute Gasteiger partial charge is 0.358 e. The van der Waals surface area contributed by atoms with E-state index in [0.29, 0.717) is 17.5 Å². The van der Waals surface area contributed by atoms with Gasteiger partial charge in [0.25, 0.3) is 5.91 Å². The molecule has 1 heterocycles. The van der Waals surface area contributed by atoms with Gasteiger partial charge < -0.3 is 10.3 Å². The topological polar surface area (TPSA) is 44.9 Å². The lowest BCUT2D eigenvalue weighted by molar-refractivity contribution is -0.116. The van der Waals surface area contributed by atoms with Gasteiger partial charge in [0.1, 0.15) is 0 Å². The number of aromatic amines is 1. The summed E-state index contributed by atoms with van der Waals surface area (Å²) in [4.78, 5) is 14.9. The van der Waals surface area contributed by atoms with Crippen molar-refractivity contribution < 1.29 is 13.6 Å². The van der Waals surface area contributed by atoms with Crippen LogP contribution in [0.3, 0.4) is 0 Å². The zero-order chi connectivity index (χ0) is 18.1. The second kappa shape index (κ2) is 6.87. The fraction of sp³-hybridized carbons (Fsp3) is 0.450. The van der Waals surface area contributed by atoms with E-state index in [1.807, 2.05) is 13.8 Å². The standard InChI is InChI=1S/C20H22F2N2O/c1-4-6-17(25)24-14-8-5-7-13(9-14)19-18-11(2)12(3)23-16(18)10-15(21)20(19)22/h10,13-14,23H,5,7-9H2,1-3H3,(H,24,25)/t13-,14+/m1/s1. The van der Waals surface area contributed by atoms with Gasteiger partial charge in [-0.15, -0.1) is 0 Å². The molecular weight excluding hydrogens is 322 g/mol. The van der Waals surface area contributed by atoms with E-state index in [9.17, 15) is 13.6 Å². The van der Waals surface area contributed by atoms with E-state index in [1.54, 1.807) is 6.92 Å². The monoisotopic (exact) mass is 344 g/mol. The van der Waals surface area contributed by atoms with Crippen molar-refractivity contribution in [2.45, 2.75) is 58.4 Å². The molecule has 1 aliphatic carbocycles. The number of benzene rings is 1. The van der Waals surface area contributed by atoms with Crippen molar-refractivity contribution in [2.75, 3.05) is 0 Å². The fourth-order valence-electron chi connectivity index (χ4n) is 3.93. The van der Waals surface area contributed by atoms with Gasteiger partial charge in [0.05, 0.1) is 0 Å². The lowest BCUT2D eigenvalue weighted by Crippen LogP contribution is -2.37. The number of hydrogen-bond acceptors (Lipinski definition) is 1. The molecule has 132 valence electrons. The Morgan fingerprint density at radius 2 is 2.08 bits per heavy atom. The molecule has 3 rings (SSSR count).